The summed E-state index contributed by atoms with van der Waals surface area (Å²) >= 11 is 0. The molecule has 0 radical (unpaired) electrons. The normalized spacial score (nSPS) is 10.1. The number of hydrogen-bond donors (Lipinski definition) is 1. The van der Waals surface area contributed by atoms with E-state index in [1.54, 1.807) is 7.05 Å². The van der Waals surface area contributed by atoms with Gasteiger partial charge in [-0.1, -0.05) is 0 Å². The van der Waals surface area contributed by atoms with Crippen molar-refractivity contribution in [3.63, 3.8) is 0 Å². The van der Waals surface area contributed by atoms with Crippen LogP contribution >= 0.6 is 0 Å². The van der Waals surface area contributed by atoms with E-state index in [4.69, 9.17) is 5.26 Å². The lowest BCUT2D eigenvalue weighted by atomic mass is 10.1. The Balaban J connectivity index is 3.10. The van der Waals surface area contributed by atoms with Crippen molar-refractivity contribution >= 4 is 10.9 Å². The zero-order chi connectivity index (χ0) is 11.0. The minimum absolute atomic E-state index is 0.0691. The first-order chi connectivity index (χ1) is 7.15. The molecule has 0 fully saturated rings. The zero-order valence-corrected chi connectivity index (χ0v) is 8.06. The van der Waals surface area contributed by atoms with Crippen molar-refractivity contribution in [2.75, 3.05) is 0 Å². The van der Waals surface area contributed by atoms with E-state index < -0.39 is 0 Å². The molecule has 0 saturated carbocycles. The zero-order valence-electron chi connectivity index (χ0n) is 8.06. The predicted molar refractivity (Wildman–Crippen MR) is 55.6 cm³/mol. The Morgan fingerprint density at radius 2 is 2.07 bits per heavy atom. The lowest BCUT2D eigenvalue weighted by Gasteiger charge is -2.06. The number of aromatic nitrogens is 1. The molecule has 0 amide bonds. The summed E-state index contributed by atoms with van der Waals surface area (Å²) < 4.78 is 1.35. The summed E-state index contributed by atoms with van der Waals surface area (Å²) in [5.41, 5.74) is 0.637. The molecule has 0 aliphatic heterocycles. The van der Waals surface area contributed by atoms with Gasteiger partial charge in [0.05, 0.1) is 11.1 Å². The summed E-state index contributed by atoms with van der Waals surface area (Å²) in [6.45, 7) is 0. The van der Waals surface area contributed by atoms with Crippen LogP contribution in [0.1, 0.15) is 5.56 Å². The van der Waals surface area contributed by atoms with Gasteiger partial charge in [-0.05, 0) is 18.2 Å². The van der Waals surface area contributed by atoms with Crippen LogP contribution in [0.3, 0.4) is 0 Å². The molecule has 4 heteroatoms. The molecule has 15 heavy (non-hydrogen) atoms. The van der Waals surface area contributed by atoms with Crippen LogP contribution in [-0.2, 0) is 7.05 Å². The van der Waals surface area contributed by atoms with Crippen molar-refractivity contribution in [2.24, 2.45) is 7.05 Å². The summed E-state index contributed by atoms with van der Waals surface area (Å²) in [5, 5.41) is 19.0. The van der Waals surface area contributed by atoms with Gasteiger partial charge in [0.2, 0.25) is 0 Å². The van der Waals surface area contributed by atoms with Crippen molar-refractivity contribution in [3.05, 3.63) is 40.2 Å². The average molecular weight is 200 g/mol. The average Bonchev–Trinajstić information content (AvgIpc) is 2.24. The Labute approximate surface area is 85.6 Å². The molecule has 0 aliphatic rings. The molecular weight excluding hydrogens is 192 g/mol. The van der Waals surface area contributed by atoms with Gasteiger partial charge in [-0.15, -0.1) is 0 Å². The van der Waals surface area contributed by atoms with E-state index >= 15 is 0 Å². The number of pyridine rings is 1. The Morgan fingerprint density at radius 1 is 1.33 bits per heavy atom. The molecule has 1 N–H and O–H groups in total. The van der Waals surface area contributed by atoms with Crippen molar-refractivity contribution in [3.8, 4) is 11.8 Å². The standard InChI is InChI=1S/C11H8N2O2/c1-13-10(15)5-3-8-9(14)4-2-7(6-12)11(8)13/h2-5,14H,1H3. The van der Waals surface area contributed by atoms with E-state index in [0.29, 0.717) is 16.5 Å². The van der Waals surface area contributed by atoms with Gasteiger partial charge in [0.25, 0.3) is 5.56 Å². The Kier molecular flexibility index (Phi) is 1.94. The molecule has 0 saturated heterocycles. The predicted octanol–water partition coefficient (Wildman–Crippen LogP) is 1.12. The van der Waals surface area contributed by atoms with Crippen LogP contribution < -0.4 is 5.56 Å². The minimum atomic E-state index is -0.204. The van der Waals surface area contributed by atoms with Crippen molar-refractivity contribution in [2.45, 2.75) is 0 Å². The maximum absolute atomic E-state index is 11.4. The van der Waals surface area contributed by atoms with Crippen molar-refractivity contribution in [1.29, 1.82) is 5.26 Å². The SMILES string of the molecule is Cn1c(=O)ccc2c(O)ccc(C#N)c21. The van der Waals surface area contributed by atoms with Gasteiger partial charge in [-0.2, -0.15) is 5.26 Å². The molecule has 74 valence electrons. The number of aromatic hydroxyl groups is 1. The van der Waals surface area contributed by atoms with E-state index in [1.165, 1.54) is 28.8 Å². The van der Waals surface area contributed by atoms with E-state index in [0.717, 1.165) is 0 Å². The summed E-state index contributed by atoms with van der Waals surface area (Å²) in [6.07, 6.45) is 0. The number of phenols is 1. The third-order valence-corrected chi connectivity index (χ3v) is 2.37. The highest BCUT2D eigenvalue weighted by Crippen LogP contribution is 2.25. The van der Waals surface area contributed by atoms with Gasteiger partial charge in [0.1, 0.15) is 11.8 Å². The lowest BCUT2D eigenvalue weighted by Crippen LogP contribution is -2.15. The minimum Gasteiger partial charge on any atom is -0.507 e. The van der Waals surface area contributed by atoms with Gasteiger partial charge in [-0.3, -0.25) is 4.79 Å². The van der Waals surface area contributed by atoms with Crippen LogP contribution in [0.5, 0.6) is 5.75 Å². The van der Waals surface area contributed by atoms with Crippen LogP contribution in [0.4, 0.5) is 0 Å². The highest BCUT2D eigenvalue weighted by Gasteiger charge is 2.08. The second kappa shape index (κ2) is 3.14. The maximum Gasteiger partial charge on any atom is 0.250 e. The molecule has 1 heterocycles. The van der Waals surface area contributed by atoms with Crippen molar-refractivity contribution < 1.29 is 5.11 Å². The van der Waals surface area contributed by atoms with E-state index in [-0.39, 0.29) is 11.3 Å². The van der Waals surface area contributed by atoms with E-state index in [1.807, 2.05) is 6.07 Å². The number of rotatable bonds is 0. The number of fused-ring (bicyclic) bond motifs is 1. The smallest absolute Gasteiger partial charge is 0.250 e. The van der Waals surface area contributed by atoms with Crippen LogP contribution in [0, 0.1) is 11.3 Å². The molecule has 2 aromatic rings. The molecule has 4 nitrogen and oxygen atoms in total. The summed E-state index contributed by atoms with van der Waals surface area (Å²) in [6, 6.07) is 7.83. The van der Waals surface area contributed by atoms with Gasteiger partial charge in [0, 0.05) is 18.5 Å². The number of nitrogens with zero attached hydrogens (tertiary/aromatic N) is 2. The summed E-state index contributed by atoms with van der Waals surface area (Å²) in [7, 11) is 1.57. The van der Waals surface area contributed by atoms with Crippen molar-refractivity contribution in [1.82, 2.24) is 4.57 Å². The Bertz CT molecular complexity index is 635. The molecule has 0 unspecified atom stereocenters. The number of nitriles is 1. The first kappa shape index (κ1) is 9.28. The topological polar surface area (TPSA) is 66.0 Å². The van der Waals surface area contributed by atoms with E-state index in [9.17, 15) is 9.90 Å². The van der Waals surface area contributed by atoms with Gasteiger partial charge >= 0.3 is 0 Å². The molecule has 0 spiro atoms. The molecule has 0 aliphatic carbocycles. The van der Waals surface area contributed by atoms with Gasteiger partial charge in [-0.25, -0.2) is 0 Å². The largest absolute Gasteiger partial charge is 0.507 e. The summed E-state index contributed by atoms with van der Waals surface area (Å²) in [4.78, 5) is 11.4. The fourth-order valence-corrected chi connectivity index (χ4v) is 1.59. The fourth-order valence-electron chi connectivity index (χ4n) is 1.59. The molecule has 1 aromatic heterocycles. The molecular formula is C11H8N2O2. The van der Waals surface area contributed by atoms with Crippen LogP contribution in [-0.4, -0.2) is 9.67 Å². The fraction of sp³-hybridized carbons (Fsp3) is 0.0909. The lowest BCUT2D eigenvalue weighted by molar-refractivity contribution is 0.481. The van der Waals surface area contributed by atoms with Crippen LogP contribution in [0.15, 0.2) is 29.1 Å². The first-order valence-electron chi connectivity index (χ1n) is 4.37. The first-order valence-corrected chi connectivity index (χ1v) is 4.37. The Hall–Kier alpha value is -2.28. The van der Waals surface area contributed by atoms with Crippen LogP contribution in [0.25, 0.3) is 10.9 Å². The molecule has 0 atom stereocenters. The maximum atomic E-state index is 11.4. The Morgan fingerprint density at radius 3 is 2.73 bits per heavy atom. The quantitative estimate of drug-likeness (QED) is 0.692. The third kappa shape index (κ3) is 1.25. The molecule has 1 aromatic carbocycles. The molecule has 0 bridgehead atoms. The van der Waals surface area contributed by atoms with Gasteiger partial charge in [0.15, 0.2) is 0 Å². The highest BCUT2D eigenvalue weighted by molar-refractivity contribution is 5.89. The number of hydrogen-bond acceptors (Lipinski definition) is 3. The van der Waals surface area contributed by atoms with Gasteiger partial charge < -0.3 is 9.67 Å². The number of benzene rings is 1. The second-order valence-corrected chi connectivity index (χ2v) is 3.24. The number of aryl methyl sites for hydroxylation is 1. The second-order valence-electron chi connectivity index (χ2n) is 3.24. The third-order valence-electron chi connectivity index (χ3n) is 2.37. The number of phenolic OH excluding ortho intramolecular Hbond substituents is 1. The highest BCUT2D eigenvalue weighted by atomic mass is 16.3. The molecule has 2 rings (SSSR count). The van der Waals surface area contributed by atoms with Crippen LogP contribution in [0.2, 0.25) is 0 Å². The summed E-state index contributed by atoms with van der Waals surface area (Å²) in [5.74, 6) is 0.0691. The monoisotopic (exact) mass is 200 g/mol. The van der Waals surface area contributed by atoms with E-state index in [2.05, 4.69) is 0 Å².